The third-order valence-corrected chi connectivity index (χ3v) is 3.22. The van der Waals surface area contributed by atoms with Crippen molar-refractivity contribution in [1.29, 1.82) is 0 Å². The minimum atomic E-state index is -0.383. The molecule has 0 aliphatic carbocycles. The Kier molecular flexibility index (Phi) is 4.10. The van der Waals surface area contributed by atoms with Gasteiger partial charge in [0.25, 0.3) is 0 Å². The van der Waals surface area contributed by atoms with E-state index in [2.05, 4.69) is 10.1 Å². The Labute approximate surface area is 106 Å². The van der Waals surface area contributed by atoms with Crippen LogP contribution in [0, 0.1) is 0 Å². The van der Waals surface area contributed by atoms with Crippen LogP contribution in [0.25, 0.3) is 0 Å². The van der Waals surface area contributed by atoms with Crippen molar-refractivity contribution in [3.05, 3.63) is 35.4 Å². The summed E-state index contributed by atoms with van der Waals surface area (Å²) in [4.78, 5) is 23.3. The number of hydrogen-bond acceptors (Lipinski definition) is 4. The number of rotatable bonds is 4. The number of carbonyl (C=O) groups excluding carboxylic acids is 2. The van der Waals surface area contributed by atoms with Crippen LogP contribution < -0.4 is 5.32 Å². The fraction of sp³-hybridized carbons (Fsp3) is 0.429. The van der Waals surface area contributed by atoms with E-state index in [0.29, 0.717) is 23.6 Å². The maximum Gasteiger partial charge on any atom is 0.337 e. The predicted molar refractivity (Wildman–Crippen MR) is 67.8 cm³/mol. The number of ether oxygens (including phenoxy) is 1. The molecule has 1 saturated heterocycles. The molecule has 0 radical (unpaired) electrons. The predicted octanol–water partition coefficient (Wildman–Crippen LogP) is 1.80. The largest absolute Gasteiger partial charge is 0.465 e. The van der Waals surface area contributed by atoms with Crippen molar-refractivity contribution in [3.8, 4) is 0 Å². The molecule has 1 aromatic rings. The first kappa shape index (κ1) is 12.8. The molecule has 18 heavy (non-hydrogen) atoms. The van der Waals surface area contributed by atoms with Crippen molar-refractivity contribution >= 4 is 11.8 Å². The molecular formula is C14H17NO3. The zero-order valence-electron chi connectivity index (χ0n) is 10.4. The Hall–Kier alpha value is -1.68. The van der Waals surface area contributed by atoms with Gasteiger partial charge < -0.3 is 10.1 Å². The Balaban J connectivity index is 2.00. The average molecular weight is 247 g/mol. The molecule has 0 bridgehead atoms. The Morgan fingerprint density at radius 2 is 1.94 bits per heavy atom. The third-order valence-electron chi connectivity index (χ3n) is 3.22. The Morgan fingerprint density at radius 1 is 1.28 bits per heavy atom. The van der Waals surface area contributed by atoms with Gasteiger partial charge in [0.05, 0.1) is 12.7 Å². The van der Waals surface area contributed by atoms with Crippen LogP contribution in [0.15, 0.2) is 24.3 Å². The van der Waals surface area contributed by atoms with E-state index in [1.54, 1.807) is 24.3 Å². The Bertz CT molecular complexity index is 433. The molecule has 1 aliphatic rings. The van der Waals surface area contributed by atoms with E-state index in [0.717, 1.165) is 19.4 Å². The van der Waals surface area contributed by atoms with Gasteiger partial charge in [-0.25, -0.2) is 4.79 Å². The van der Waals surface area contributed by atoms with E-state index in [1.165, 1.54) is 7.11 Å². The topological polar surface area (TPSA) is 55.4 Å². The van der Waals surface area contributed by atoms with Crippen LogP contribution in [0.5, 0.6) is 0 Å². The number of Topliss-reactive ketones (excluding diaryl/α,β-unsaturated/α-hetero) is 1. The van der Waals surface area contributed by atoms with Crippen molar-refractivity contribution < 1.29 is 14.3 Å². The summed E-state index contributed by atoms with van der Waals surface area (Å²) in [6.07, 6.45) is 2.72. The highest BCUT2D eigenvalue weighted by Gasteiger charge is 2.18. The molecule has 1 unspecified atom stereocenters. The van der Waals surface area contributed by atoms with Gasteiger partial charge in [0.15, 0.2) is 5.78 Å². The second kappa shape index (κ2) is 5.78. The van der Waals surface area contributed by atoms with Crippen molar-refractivity contribution in [2.45, 2.75) is 25.3 Å². The summed E-state index contributed by atoms with van der Waals surface area (Å²) in [7, 11) is 1.34. The molecule has 4 nitrogen and oxygen atoms in total. The lowest BCUT2D eigenvalue weighted by atomic mass is 10.0. The molecule has 1 atom stereocenters. The van der Waals surface area contributed by atoms with Gasteiger partial charge in [0.2, 0.25) is 0 Å². The SMILES string of the molecule is COC(=O)c1ccc(C(=O)CC2CCCN2)cc1. The van der Waals surface area contributed by atoms with E-state index >= 15 is 0 Å². The van der Waals surface area contributed by atoms with Crippen LogP contribution in [0.4, 0.5) is 0 Å². The number of methoxy groups -OCH3 is 1. The minimum absolute atomic E-state index is 0.116. The number of esters is 1. The molecule has 4 heteroatoms. The van der Waals surface area contributed by atoms with Gasteiger partial charge in [-0.05, 0) is 31.5 Å². The highest BCUT2D eigenvalue weighted by Crippen LogP contribution is 2.14. The number of hydrogen-bond donors (Lipinski definition) is 1. The standard InChI is InChI=1S/C14H17NO3/c1-18-14(17)11-6-4-10(5-7-11)13(16)9-12-3-2-8-15-12/h4-7,12,15H,2-3,8-9H2,1H3. The van der Waals surface area contributed by atoms with E-state index < -0.39 is 0 Å². The lowest BCUT2D eigenvalue weighted by Crippen LogP contribution is -2.24. The maximum absolute atomic E-state index is 12.0. The number of ketones is 1. The Morgan fingerprint density at radius 3 is 2.50 bits per heavy atom. The van der Waals surface area contributed by atoms with Crippen molar-refractivity contribution in [2.75, 3.05) is 13.7 Å². The molecule has 1 aromatic carbocycles. The second-order valence-corrected chi connectivity index (χ2v) is 4.49. The van der Waals surface area contributed by atoms with E-state index in [-0.39, 0.29) is 11.8 Å². The van der Waals surface area contributed by atoms with Gasteiger partial charge in [0.1, 0.15) is 0 Å². The van der Waals surface area contributed by atoms with Crippen LogP contribution in [0.2, 0.25) is 0 Å². The molecule has 1 heterocycles. The van der Waals surface area contributed by atoms with Gasteiger partial charge in [-0.15, -0.1) is 0 Å². The molecule has 0 spiro atoms. The third kappa shape index (κ3) is 2.96. The van der Waals surface area contributed by atoms with Crippen LogP contribution in [-0.4, -0.2) is 31.4 Å². The fourth-order valence-corrected chi connectivity index (χ4v) is 2.18. The first-order valence-electron chi connectivity index (χ1n) is 6.15. The molecule has 0 saturated carbocycles. The molecule has 1 fully saturated rings. The molecule has 2 rings (SSSR count). The quantitative estimate of drug-likeness (QED) is 0.651. The van der Waals surface area contributed by atoms with Gasteiger partial charge >= 0.3 is 5.97 Å². The second-order valence-electron chi connectivity index (χ2n) is 4.49. The summed E-state index contributed by atoms with van der Waals surface area (Å²) in [5.41, 5.74) is 1.12. The number of carbonyl (C=O) groups is 2. The summed E-state index contributed by atoms with van der Waals surface area (Å²) >= 11 is 0. The smallest absolute Gasteiger partial charge is 0.337 e. The molecule has 0 aromatic heterocycles. The van der Waals surface area contributed by atoms with Crippen molar-refractivity contribution in [3.63, 3.8) is 0 Å². The van der Waals surface area contributed by atoms with Crippen LogP contribution in [-0.2, 0) is 4.74 Å². The number of benzene rings is 1. The summed E-state index contributed by atoms with van der Waals surface area (Å²) in [5, 5.41) is 3.30. The van der Waals surface area contributed by atoms with E-state index in [9.17, 15) is 9.59 Å². The first-order chi connectivity index (χ1) is 8.70. The minimum Gasteiger partial charge on any atom is -0.465 e. The van der Waals surface area contributed by atoms with Crippen molar-refractivity contribution in [1.82, 2.24) is 5.32 Å². The van der Waals surface area contributed by atoms with Crippen LogP contribution in [0.3, 0.4) is 0 Å². The average Bonchev–Trinajstić information content (AvgIpc) is 2.91. The lowest BCUT2D eigenvalue weighted by Gasteiger charge is -2.09. The van der Waals surface area contributed by atoms with Crippen LogP contribution in [0.1, 0.15) is 40.0 Å². The zero-order chi connectivity index (χ0) is 13.0. The van der Waals surface area contributed by atoms with Gasteiger partial charge in [-0.1, -0.05) is 12.1 Å². The summed E-state index contributed by atoms with van der Waals surface area (Å²) < 4.78 is 4.61. The molecule has 1 aliphatic heterocycles. The first-order valence-corrected chi connectivity index (χ1v) is 6.15. The van der Waals surface area contributed by atoms with Gasteiger partial charge in [-0.3, -0.25) is 4.79 Å². The highest BCUT2D eigenvalue weighted by atomic mass is 16.5. The maximum atomic E-state index is 12.0. The van der Waals surface area contributed by atoms with Gasteiger partial charge in [0, 0.05) is 18.0 Å². The van der Waals surface area contributed by atoms with Crippen LogP contribution >= 0.6 is 0 Å². The van der Waals surface area contributed by atoms with Gasteiger partial charge in [-0.2, -0.15) is 0 Å². The molecule has 0 amide bonds. The fourth-order valence-electron chi connectivity index (χ4n) is 2.18. The van der Waals surface area contributed by atoms with Crippen molar-refractivity contribution in [2.24, 2.45) is 0 Å². The van der Waals surface area contributed by atoms with E-state index in [1.807, 2.05) is 0 Å². The molecular weight excluding hydrogens is 230 g/mol. The summed E-state index contributed by atoms with van der Waals surface area (Å²) in [6, 6.07) is 6.92. The molecule has 1 N–H and O–H groups in total. The normalized spacial score (nSPS) is 18.6. The monoisotopic (exact) mass is 247 g/mol. The summed E-state index contributed by atoms with van der Waals surface area (Å²) in [5.74, 6) is -0.266. The zero-order valence-corrected chi connectivity index (χ0v) is 10.4. The highest BCUT2D eigenvalue weighted by molar-refractivity contribution is 5.97. The number of nitrogens with one attached hydrogen (secondary N) is 1. The van der Waals surface area contributed by atoms with E-state index in [4.69, 9.17) is 0 Å². The lowest BCUT2D eigenvalue weighted by molar-refractivity contribution is 0.0600. The summed E-state index contributed by atoms with van der Waals surface area (Å²) in [6.45, 7) is 0.999. The molecule has 96 valence electrons.